The molecule has 0 amide bonds. The van der Waals surface area contributed by atoms with Crippen molar-refractivity contribution in [1.29, 1.82) is 0 Å². The van der Waals surface area contributed by atoms with E-state index < -0.39 is 0 Å². The van der Waals surface area contributed by atoms with Crippen LogP contribution in [0, 0.1) is 6.92 Å². The molecule has 0 aliphatic carbocycles. The minimum Gasteiger partial charge on any atom is -0.289 e. The summed E-state index contributed by atoms with van der Waals surface area (Å²) in [4.78, 5) is 39.4. The summed E-state index contributed by atoms with van der Waals surface area (Å²) < 4.78 is 0. The molecule has 0 aromatic heterocycles. The summed E-state index contributed by atoms with van der Waals surface area (Å²) in [6.45, 7) is 1.91. The molecule has 4 aromatic rings. The summed E-state index contributed by atoms with van der Waals surface area (Å²) >= 11 is 0. The highest BCUT2D eigenvalue weighted by molar-refractivity contribution is 6.17. The van der Waals surface area contributed by atoms with E-state index >= 15 is 0 Å². The number of hydrogen-bond acceptors (Lipinski definition) is 3. The van der Waals surface area contributed by atoms with Gasteiger partial charge in [-0.15, -0.1) is 0 Å². The van der Waals surface area contributed by atoms with Crippen molar-refractivity contribution in [2.75, 3.05) is 0 Å². The zero-order chi connectivity index (χ0) is 21.8. The van der Waals surface area contributed by atoms with E-state index in [0.29, 0.717) is 33.4 Å². The largest absolute Gasteiger partial charge is 0.289 e. The van der Waals surface area contributed by atoms with E-state index in [-0.39, 0.29) is 17.3 Å². The molecule has 0 bridgehead atoms. The van der Waals surface area contributed by atoms with Gasteiger partial charge in [0.25, 0.3) is 0 Å². The van der Waals surface area contributed by atoms with E-state index in [0.717, 1.165) is 5.56 Å². The summed E-state index contributed by atoms with van der Waals surface area (Å²) in [6.07, 6.45) is 0. The average Bonchev–Trinajstić information content (AvgIpc) is 2.83. The van der Waals surface area contributed by atoms with Crippen LogP contribution in [-0.4, -0.2) is 17.3 Å². The van der Waals surface area contributed by atoms with Crippen LogP contribution in [-0.2, 0) is 0 Å². The molecule has 3 nitrogen and oxygen atoms in total. The molecule has 0 radical (unpaired) electrons. The van der Waals surface area contributed by atoms with Crippen molar-refractivity contribution in [3.63, 3.8) is 0 Å². The second kappa shape index (κ2) is 8.72. The number of hydrogen-bond donors (Lipinski definition) is 0. The highest BCUT2D eigenvalue weighted by atomic mass is 16.1. The first kappa shape index (κ1) is 20.2. The fourth-order valence-electron chi connectivity index (χ4n) is 3.49. The molecule has 4 rings (SSSR count). The van der Waals surface area contributed by atoms with Crippen molar-refractivity contribution in [3.8, 4) is 0 Å². The summed E-state index contributed by atoms with van der Waals surface area (Å²) in [7, 11) is 0. The molecule has 0 spiro atoms. The number of rotatable bonds is 6. The molecule has 0 saturated heterocycles. The Hall–Kier alpha value is -4.11. The van der Waals surface area contributed by atoms with Crippen LogP contribution in [0.2, 0.25) is 0 Å². The highest BCUT2D eigenvalue weighted by Crippen LogP contribution is 2.21. The second-order valence-corrected chi connectivity index (χ2v) is 7.39. The Bertz CT molecular complexity index is 1200. The lowest BCUT2D eigenvalue weighted by Gasteiger charge is -2.10. The number of benzene rings is 4. The average molecular weight is 404 g/mol. The van der Waals surface area contributed by atoms with E-state index in [9.17, 15) is 14.4 Å². The Morgan fingerprint density at radius 2 is 0.806 bits per heavy atom. The third kappa shape index (κ3) is 4.41. The van der Waals surface area contributed by atoms with Gasteiger partial charge in [-0.1, -0.05) is 84.4 Å². The number of carbonyl (C=O) groups is 3. The van der Waals surface area contributed by atoms with E-state index in [1.807, 2.05) is 31.2 Å². The van der Waals surface area contributed by atoms with Crippen molar-refractivity contribution in [3.05, 3.63) is 142 Å². The quantitative estimate of drug-likeness (QED) is 0.388. The third-order valence-electron chi connectivity index (χ3n) is 5.07. The fourth-order valence-corrected chi connectivity index (χ4v) is 3.49. The molecule has 31 heavy (non-hydrogen) atoms. The van der Waals surface area contributed by atoms with Gasteiger partial charge in [-0.3, -0.25) is 14.4 Å². The van der Waals surface area contributed by atoms with E-state index in [2.05, 4.69) is 0 Å². The first-order valence-electron chi connectivity index (χ1n) is 9.99. The molecule has 150 valence electrons. The van der Waals surface area contributed by atoms with Crippen molar-refractivity contribution in [1.82, 2.24) is 0 Å². The molecule has 4 aromatic carbocycles. The van der Waals surface area contributed by atoms with Gasteiger partial charge < -0.3 is 0 Å². The molecule has 0 aliphatic heterocycles. The van der Waals surface area contributed by atoms with Crippen LogP contribution in [0.25, 0.3) is 0 Å². The van der Waals surface area contributed by atoms with E-state index in [1.165, 1.54) is 0 Å². The lowest BCUT2D eigenvalue weighted by Crippen LogP contribution is -2.10. The SMILES string of the molecule is Cc1cccc(C(=O)c2cc(C(=O)c3ccccc3)cc(C(=O)c3ccccc3)c2)c1. The van der Waals surface area contributed by atoms with Crippen molar-refractivity contribution in [2.45, 2.75) is 6.92 Å². The Kier molecular flexibility index (Phi) is 5.67. The maximum absolute atomic E-state index is 13.2. The molecular weight excluding hydrogens is 384 g/mol. The highest BCUT2D eigenvalue weighted by Gasteiger charge is 2.19. The summed E-state index contributed by atoms with van der Waals surface area (Å²) in [5.74, 6) is -0.697. The van der Waals surface area contributed by atoms with Crippen molar-refractivity contribution >= 4 is 17.3 Å². The molecular formula is C28H20O3. The molecule has 0 aliphatic rings. The van der Waals surface area contributed by atoms with Gasteiger partial charge in [-0.2, -0.15) is 0 Å². The van der Waals surface area contributed by atoms with Crippen molar-refractivity contribution < 1.29 is 14.4 Å². The van der Waals surface area contributed by atoms with Gasteiger partial charge in [0.1, 0.15) is 0 Å². The minimum absolute atomic E-state index is 0.228. The summed E-state index contributed by atoms with van der Waals surface area (Å²) in [6, 6.07) is 29.6. The number of aryl methyl sites for hydroxylation is 1. The van der Waals surface area contributed by atoms with Gasteiger partial charge in [0.2, 0.25) is 0 Å². The third-order valence-corrected chi connectivity index (χ3v) is 5.07. The first-order chi connectivity index (χ1) is 15.0. The van der Waals surface area contributed by atoms with Gasteiger partial charge in [0.05, 0.1) is 0 Å². The number of carbonyl (C=O) groups excluding carboxylic acids is 3. The van der Waals surface area contributed by atoms with E-state index in [1.54, 1.807) is 78.9 Å². The first-order valence-corrected chi connectivity index (χ1v) is 9.99. The minimum atomic E-state index is -0.235. The lowest BCUT2D eigenvalue weighted by molar-refractivity contribution is 0.103. The Labute approximate surface area is 181 Å². The van der Waals surface area contributed by atoms with Crippen LogP contribution in [0.15, 0.2) is 103 Å². The molecule has 3 heteroatoms. The lowest BCUT2D eigenvalue weighted by atomic mass is 9.92. The Morgan fingerprint density at radius 3 is 1.23 bits per heavy atom. The van der Waals surface area contributed by atoms with Crippen molar-refractivity contribution in [2.24, 2.45) is 0 Å². The molecule has 0 fully saturated rings. The van der Waals surface area contributed by atoms with Crippen LogP contribution in [0.1, 0.15) is 53.3 Å². The van der Waals surface area contributed by atoms with Crippen LogP contribution in [0.4, 0.5) is 0 Å². The summed E-state index contributed by atoms with van der Waals surface area (Å²) in [5, 5.41) is 0. The fraction of sp³-hybridized carbons (Fsp3) is 0.0357. The maximum atomic E-state index is 13.2. The second-order valence-electron chi connectivity index (χ2n) is 7.39. The topological polar surface area (TPSA) is 51.2 Å². The molecule has 0 saturated carbocycles. The van der Waals surface area contributed by atoms with Gasteiger partial charge in [0.15, 0.2) is 17.3 Å². The molecule has 0 heterocycles. The molecule has 0 unspecified atom stereocenters. The maximum Gasteiger partial charge on any atom is 0.193 e. The van der Waals surface area contributed by atoms with Gasteiger partial charge in [0, 0.05) is 33.4 Å². The predicted molar refractivity (Wildman–Crippen MR) is 121 cm³/mol. The number of ketones is 3. The van der Waals surface area contributed by atoms with E-state index in [4.69, 9.17) is 0 Å². The zero-order valence-corrected chi connectivity index (χ0v) is 17.0. The van der Waals surface area contributed by atoms with Crippen LogP contribution < -0.4 is 0 Å². The zero-order valence-electron chi connectivity index (χ0n) is 17.0. The van der Waals surface area contributed by atoms with Crippen LogP contribution in [0.3, 0.4) is 0 Å². The van der Waals surface area contributed by atoms with Gasteiger partial charge in [-0.25, -0.2) is 0 Å². The van der Waals surface area contributed by atoms with Gasteiger partial charge >= 0.3 is 0 Å². The smallest absolute Gasteiger partial charge is 0.193 e. The standard InChI is InChI=1S/C28H20O3/c1-19-9-8-14-22(15-19)28(31)25-17-23(26(29)20-10-4-2-5-11-20)16-24(18-25)27(30)21-12-6-3-7-13-21/h2-18H,1H3. The summed E-state index contributed by atoms with van der Waals surface area (Å²) in [5.41, 5.74) is 3.41. The predicted octanol–water partition coefficient (Wildman–Crippen LogP) is 5.69. The molecule has 0 N–H and O–H groups in total. The normalized spacial score (nSPS) is 10.5. The monoisotopic (exact) mass is 404 g/mol. The van der Waals surface area contributed by atoms with Crippen LogP contribution in [0.5, 0.6) is 0 Å². The Morgan fingerprint density at radius 1 is 0.419 bits per heavy atom. The van der Waals surface area contributed by atoms with Gasteiger partial charge in [-0.05, 0) is 31.2 Å². The Balaban J connectivity index is 1.83. The van der Waals surface area contributed by atoms with Crippen LogP contribution >= 0.6 is 0 Å². The molecule has 0 atom stereocenters.